The molecule has 0 fully saturated rings. The third-order valence-electron chi connectivity index (χ3n) is 2.13. The lowest BCUT2D eigenvalue weighted by atomic mass is 9.99. The lowest BCUT2D eigenvalue weighted by Gasteiger charge is -2.15. The molecule has 93 valence electrons. The van der Waals surface area contributed by atoms with E-state index in [0.29, 0.717) is 5.56 Å². The van der Waals surface area contributed by atoms with Crippen molar-refractivity contribution in [3.05, 3.63) is 41.5 Å². The molecule has 0 amide bonds. The molecule has 0 atom stereocenters. The minimum atomic E-state index is -0.469. The number of carbonyl (C=O) groups is 1. The molecule has 0 N–H and O–H groups in total. The first-order chi connectivity index (χ1) is 7.79. The molecule has 0 bridgehead atoms. The molecule has 0 aliphatic heterocycles. The molecular weight excluding hydrogens is 216 g/mol. The second-order valence-corrected chi connectivity index (χ2v) is 5.27. The van der Waals surface area contributed by atoms with Gasteiger partial charge in [-0.05, 0) is 30.9 Å². The van der Waals surface area contributed by atoms with Crippen LogP contribution in [0.5, 0.6) is 0 Å². The third-order valence-corrected chi connectivity index (χ3v) is 2.13. The van der Waals surface area contributed by atoms with Crippen LogP contribution in [0.3, 0.4) is 0 Å². The Hall–Kier alpha value is -1.35. The fraction of sp³-hybridized carbons (Fsp3) is 0.429. The molecule has 3 nitrogen and oxygen atoms in total. The topological polar surface area (TPSA) is 35.5 Å². The van der Waals surface area contributed by atoms with Crippen LogP contribution < -0.4 is 0 Å². The number of rotatable bonds is 3. The number of benzene rings is 1. The average Bonchev–Trinajstić information content (AvgIpc) is 2.15. The highest BCUT2D eigenvalue weighted by Crippen LogP contribution is 2.19. The summed E-state index contributed by atoms with van der Waals surface area (Å²) in [6, 6.07) is 5.55. The summed E-state index contributed by atoms with van der Waals surface area (Å²) in [7, 11) is 0. The number of aryl methyl sites for hydroxylation is 2. The van der Waals surface area contributed by atoms with Gasteiger partial charge >= 0.3 is 5.97 Å². The Kier molecular flexibility index (Phi) is 4.29. The zero-order valence-corrected chi connectivity index (χ0v) is 11.0. The Balaban J connectivity index is 2.59. The fourth-order valence-corrected chi connectivity index (χ4v) is 1.30. The summed E-state index contributed by atoms with van der Waals surface area (Å²) in [5.74, 6) is -0.469. The molecule has 1 rings (SSSR count). The molecule has 1 aromatic rings. The van der Waals surface area contributed by atoms with Crippen molar-refractivity contribution in [2.45, 2.75) is 34.6 Å². The SMILES string of the molecule is Cc1ccc(C(=O)OO[CH]C(C)(C)C)c(C)c1. The average molecular weight is 235 g/mol. The molecule has 1 aromatic carbocycles. The van der Waals surface area contributed by atoms with Crippen LogP contribution in [0.4, 0.5) is 0 Å². The van der Waals surface area contributed by atoms with Gasteiger partial charge in [0.25, 0.3) is 0 Å². The second-order valence-electron chi connectivity index (χ2n) is 5.27. The molecule has 0 saturated carbocycles. The van der Waals surface area contributed by atoms with Gasteiger partial charge in [-0.25, -0.2) is 4.79 Å². The van der Waals surface area contributed by atoms with Crippen LogP contribution in [0.1, 0.15) is 42.3 Å². The first-order valence-corrected chi connectivity index (χ1v) is 5.59. The van der Waals surface area contributed by atoms with Gasteiger partial charge in [0, 0.05) is 0 Å². The molecule has 0 saturated heterocycles. The van der Waals surface area contributed by atoms with E-state index >= 15 is 0 Å². The van der Waals surface area contributed by atoms with Crippen molar-refractivity contribution < 1.29 is 14.6 Å². The quantitative estimate of drug-likeness (QED) is 0.593. The van der Waals surface area contributed by atoms with Gasteiger partial charge in [0.15, 0.2) is 0 Å². The van der Waals surface area contributed by atoms with E-state index in [1.807, 2.05) is 46.8 Å². The molecule has 17 heavy (non-hydrogen) atoms. The van der Waals surface area contributed by atoms with Crippen molar-refractivity contribution in [2.75, 3.05) is 0 Å². The molecule has 0 heterocycles. The van der Waals surface area contributed by atoms with Gasteiger partial charge in [-0.15, -0.1) is 0 Å². The normalized spacial score (nSPS) is 11.4. The van der Waals surface area contributed by atoms with Crippen molar-refractivity contribution in [2.24, 2.45) is 5.41 Å². The lowest BCUT2D eigenvalue weighted by molar-refractivity contribution is -0.224. The maximum Gasteiger partial charge on any atom is 0.373 e. The van der Waals surface area contributed by atoms with Crippen molar-refractivity contribution in [1.29, 1.82) is 0 Å². The first kappa shape index (κ1) is 13.7. The van der Waals surface area contributed by atoms with Crippen LogP contribution in [0.2, 0.25) is 0 Å². The van der Waals surface area contributed by atoms with Crippen molar-refractivity contribution in [3.63, 3.8) is 0 Å². The standard InChI is InChI=1S/C14H19O3/c1-10-6-7-12(11(2)8-10)13(15)17-16-9-14(3,4)5/h6-9H,1-5H3. The Morgan fingerprint density at radius 1 is 1.24 bits per heavy atom. The van der Waals surface area contributed by atoms with Crippen LogP contribution in [-0.2, 0) is 9.78 Å². The minimum Gasteiger partial charge on any atom is -0.292 e. The number of carbonyl (C=O) groups excluding carboxylic acids is 1. The zero-order chi connectivity index (χ0) is 13.1. The summed E-state index contributed by atoms with van der Waals surface area (Å²) in [6.07, 6.45) is 0. The van der Waals surface area contributed by atoms with Crippen LogP contribution in [0.15, 0.2) is 18.2 Å². The van der Waals surface area contributed by atoms with E-state index in [1.165, 1.54) is 6.61 Å². The van der Waals surface area contributed by atoms with E-state index in [1.54, 1.807) is 6.07 Å². The number of hydrogen-bond acceptors (Lipinski definition) is 3. The largest absolute Gasteiger partial charge is 0.373 e. The summed E-state index contributed by atoms with van der Waals surface area (Å²) in [5.41, 5.74) is 2.37. The number of hydrogen-bond donors (Lipinski definition) is 0. The minimum absolute atomic E-state index is 0.150. The van der Waals surface area contributed by atoms with Gasteiger partial charge in [0.2, 0.25) is 0 Å². The van der Waals surface area contributed by atoms with Gasteiger partial charge in [0.05, 0.1) is 5.56 Å². The molecule has 0 aromatic heterocycles. The van der Waals surface area contributed by atoms with Crippen LogP contribution in [0.25, 0.3) is 0 Å². The maximum absolute atomic E-state index is 11.7. The van der Waals surface area contributed by atoms with E-state index in [-0.39, 0.29) is 5.41 Å². The van der Waals surface area contributed by atoms with Crippen LogP contribution >= 0.6 is 0 Å². The van der Waals surface area contributed by atoms with E-state index in [4.69, 9.17) is 9.78 Å². The highest BCUT2D eigenvalue weighted by atomic mass is 17.2. The fourth-order valence-electron chi connectivity index (χ4n) is 1.30. The monoisotopic (exact) mass is 235 g/mol. The predicted octanol–water partition coefficient (Wildman–Crippen LogP) is 3.60. The molecule has 1 radical (unpaired) electrons. The van der Waals surface area contributed by atoms with Gasteiger partial charge < -0.3 is 0 Å². The highest BCUT2D eigenvalue weighted by Gasteiger charge is 2.16. The van der Waals surface area contributed by atoms with Crippen LogP contribution in [0, 0.1) is 25.9 Å². The van der Waals surface area contributed by atoms with Gasteiger partial charge in [0.1, 0.15) is 6.61 Å². The molecule has 0 aliphatic carbocycles. The van der Waals surface area contributed by atoms with Crippen molar-refractivity contribution in [1.82, 2.24) is 0 Å². The molecule has 0 spiro atoms. The van der Waals surface area contributed by atoms with Gasteiger partial charge in [-0.2, -0.15) is 4.89 Å². The summed E-state index contributed by atoms with van der Waals surface area (Å²) in [4.78, 5) is 21.3. The first-order valence-electron chi connectivity index (χ1n) is 5.59. The van der Waals surface area contributed by atoms with Gasteiger partial charge in [-0.3, -0.25) is 4.89 Å². The van der Waals surface area contributed by atoms with Crippen LogP contribution in [-0.4, -0.2) is 5.97 Å². The lowest BCUT2D eigenvalue weighted by Crippen LogP contribution is -2.13. The second kappa shape index (κ2) is 5.32. The molecule has 3 heteroatoms. The van der Waals surface area contributed by atoms with E-state index in [0.717, 1.165) is 11.1 Å². The van der Waals surface area contributed by atoms with E-state index < -0.39 is 5.97 Å². The molecule has 0 aliphatic rings. The molecular formula is C14H19O3. The Morgan fingerprint density at radius 2 is 1.88 bits per heavy atom. The predicted molar refractivity (Wildman–Crippen MR) is 66.2 cm³/mol. The Morgan fingerprint density at radius 3 is 2.41 bits per heavy atom. The summed E-state index contributed by atoms with van der Waals surface area (Å²) < 4.78 is 0. The highest BCUT2D eigenvalue weighted by molar-refractivity contribution is 5.90. The third kappa shape index (κ3) is 4.57. The van der Waals surface area contributed by atoms with Crippen molar-refractivity contribution >= 4 is 5.97 Å². The molecule has 0 unspecified atom stereocenters. The Bertz CT molecular complexity index is 402. The van der Waals surface area contributed by atoms with Gasteiger partial charge in [-0.1, -0.05) is 38.5 Å². The van der Waals surface area contributed by atoms with E-state index in [2.05, 4.69) is 0 Å². The zero-order valence-electron chi connectivity index (χ0n) is 11.0. The smallest absolute Gasteiger partial charge is 0.292 e. The van der Waals surface area contributed by atoms with E-state index in [9.17, 15) is 4.79 Å². The maximum atomic E-state index is 11.7. The summed E-state index contributed by atoms with van der Waals surface area (Å²) in [5, 5.41) is 0. The summed E-state index contributed by atoms with van der Waals surface area (Å²) >= 11 is 0. The summed E-state index contributed by atoms with van der Waals surface area (Å²) in [6.45, 7) is 11.2. The Labute approximate surface area is 103 Å². The van der Waals surface area contributed by atoms with Crippen molar-refractivity contribution in [3.8, 4) is 0 Å².